The first kappa shape index (κ1) is 13.7. The maximum atomic E-state index is 12.0. The van der Waals surface area contributed by atoms with E-state index in [1.807, 2.05) is 47.8 Å². The van der Waals surface area contributed by atoms with Gasteiger partial charge in [-0.1, -0.05) is 36.4 Å². The molecular formula is C14H16N2O2S. The van der Waals surface area contributed by atoms with Crippen molar-refractivity contribution < 1.29 is 9.90 Å². The summed E-state index contributed by atoms with van der Waals surface area (Å²) in [5, 5.41) is 14.0. The summed E-state index contributed by atoms with van der Waals surface area (Å²) in [5.74, 6) is -0.287. The predicted octanol–water partition coefficient (Wildman–Crippen LogP) is 1.60. The van der Waals surface area contributed by atoms with Gasteiger partial charge in [0, 0.05) is 4.88 Å². The van der Waals surface area contributed by atoms with Crippen molar-refractivity contribution in [3.8, 4) is 0 Å². The average Bonchev–Trinajstić information content (AvgIpc) is 2.98. The Morgan fingerprint density at radius 2 is 2.00 bits per heavy atom. The fourth-order valence-electron chi connectivity index (χ4n) is 1.78. The lowest BCUT2D eigenvalue weighted by Crippen LogP contribution is -2.37. The van der Waals surface area contributed by atoms with Crippen molar-refractivity contribution >= 4 is 17.2 Å². The van der Waals surface area contributed by atoms with Crippen molar-refractivity contribution in [1.82, 2.24) is 5.32 Å². The monoisotopic (exact) mass is 276 g/mol. The van der Waals surface area contributed by atoms with Crippen LogP contribution in [0.1, 0.15) is 22.5 Å². The second kappa shape index (κ2) is 6.47. The van der Waals surface area contributed by atoms with Gasteiger partial charge >= 0.3 is 0 Å². The number of nitrogens with one attached hydrogen (secondary N) is 1. The predicted molar refractivity (Wildman–Crippen MR) is 75.7 cm³/mol. The number of hydrogen-bond acceptors (Lipinski definition) is 4. The van der Waals surface area contributed by atoms with Crippen molar-refractivity contribution in [2.75, 3.05) is 6.61 Å². The highest BCUT2D eigenvalue weighted by atomic mass is 32.1. The molecular weight excluding hydrogens is 260 g/mol. The summed E-state index contributed by atoms with van der Waals surface area (Å²) in [5.41, 5.74) is 6.74. The van der Waals surface area contributed by atoms with E-state index in [9.17, 15) is 9.90 Å². The second-order valence-electron chi connectivity index (χ2n) is 4.15. The smallest absolute Gasteiger partial charge is 0.242 e. The Bertz CT molecular complexity index is 514. The number of aliphatic hydroxyl groups is 1. The van der Waals surface area contributed by atoms with E-state index in [2.05, 4.69) is 5.32 Å². The Morgan fingerprint density at radius 1 is 1.26 bits per heavy atom. The van der Waals surface area contributed by atoms with Crippen LogP contribution in [0.2, 0.25) is 0 Å². The Morgan fingerprint density at radius 3 is 2.58 bits per heavy atom. The van der Waals surface area contributed by atoms with Crippen LogP contribution in [0.25, 0.3) is 0 Å². The summed E-state index contributed by atoms with van der Waals surface area (Å²) in [6.45, 7) is -0.160. The van der Waals surface area contributed by atoms with Crippen LogP contribution in [-0.2, 0) is 4.79 Å². The minimum Gasteiger partial charge on any atom is -0.394 e. The third-order valence-electron chi connectivity index (χ3n) is 2.83. The van der Waals surface area contributed by atoms with Crippen molar-refractivity contribution in [3.63, 3.8) is 0 Å². The molecule has 2 aromatic rings. The molecule has 2 unspecified atom stereocenters. The third-order valence-corrected chi connectivity index (χ3v) is 3.79. The van der Waals surface area contributed by atoms with Crippen molar-refractivity contribution in [2.45, 2.75) is 12.1 Å². The fourth-order valence-corrected chi connectivity index (χ4v) is 2.50. The lowest BCUT2D eigenvalue weighted by atomic mass is 10.1. The first-order valence-corrected chi connectivity index (χ1v) is 6.85. The van der Waals surface area contributed by atoms with Gasteiger partial charge in [0.2, 0.25) is 5.91 Å². The van der Waals surface area contributed by atoms with Crippen molar-refractivity contribution in [1.29, 1.82) is 0 Å². The van der Waals surface area contributed by atoms with Crippen molar-refractivity contribution in [3.05, 3.63) is 58.3 Å². The fraction of sp³-hybridized carbons (Fsp3) is 0.214. The van der Waals surface area contributed by atoms with Gasteiger partial charge in [-0.05, 0) is 17.0 Å². The summed E-state index contributed by atoms with van der Waals surface area (Å²) >= 11 is 1.44. The molecule has 1 aromatic heterocycles. The molecule has 100 valence electrons. The van der Waals surface area contributed by atoms with Crippen LogP contribution in [-0.4, -0.2) is 17.6 Å². The molecule has 0 aliphatic carbocycles. The zero-order chi connectivity index (χ0) is 13.7. The van der Waals surface area contributed by atoms with Crippen LogP contribution in [0.15, 0.2) is 47.8 Å². The minimum absolute atomic E-state index is 0.160. The largest absolute Gasteiger partial charge is 0.394 e. The van der Waals surface area contributed by atoms with Crippen LogP contribution in [0.3, 0.4) is 0 Å². The molecule has 0 fully saturated rings. The van der Waals surface area contributed by atoms with Crippen molar-refractivity contribution in [2.24, 2.45) is 5.73 Å². The molecule has 0 saturated heterocycles. The Kier molecular flexibility index (Phi) is 4.68. The Balaban J connectivity index is 2.05. The first-order chi connectivity index (χ1) is 9.22. The van der Waals surface area contributed by atoms with Gasteiger partial charge in [-0.25, -0.2) is 0 Å². The van der Waals surface area contributed by atoms with E-state index in [0.29, 0.717) is 0 Å². The molecule has 4 nitrogen and oxygen atoms in total. The first-order valence-electron chi connectivity index (χ1n) is 5.97. The molecule has 0 aliphatic rings. The molecule has 1 aromatic carbocycles. The molecule has 2 atom stereocenters. The number of amides is 1. The summed E-state index contributed by atoms with van der Waals surface area (Å²) < 4.78 is 0. The Labute approximate surface area is 115 Å². The molecule has 2 rings (SSSR count). The number of carbonyl (C=O) groups excluding carboxylic acids is 1. The molecule has 19 heavy (non-hydrogen) atoms. The standard InChI is InChI=1S/C14H16N2O2S/c15-13(12-7-4-8-19-12)14(18)16-11(9-17)10-5-2-1-3-6-10/h1-8,11,13,17H,9,15H2,(H,16,18). The summed E-state index contributed by atoms with van der Waals surface area (Å²) in [6.07, 6.45) is 0. The number of nitrogens with two attached hydrogens (primary N) is 1. The van der Waals surface area contributed by atoms with Gasteiger partial charge in [0.05, 0.1) is 12.6 Å². The molecule has 1 amide bonds. The van der Waals surface area contributed by atoms with Gasteiger partial charge in [-0.3, -0.25) is 4.79 Å². The second-order valence-corrected chi connectivity index (χ2v) is 5.13. The quantitative estimate of drug-likeness (QED) is 0.776. The zero-order valence-corrected chi connectivity index (χ0v) is 11.1. The molecule has 5 heteroatoms. The van der Waals surface area contributed by atoms with Gasteiger partial charge in [0.1, 0.15) is 6.04 Å². The Hall–Kier alpha value is -1.69. The summed E-state index contributed by atoms with van der Waals surface area (Å²) in [4.78, 5) is 12.9. The average molecular weight is 276 g/mol. The number of benzene rings is 1. The molecule has 0 aliphatic heterocycles. The number of carbonyl (C=O) groups is 1. The number of hydrogen-bond donors (Lipinski definition) is 3. The van der Waals surface area contributed by atoms with E-state index in [1.165, 1.54) is 11.3 Å². The molecule has 0 bridgehead atoms. The highest BCUT2D eigenvalue weighted by Crippen LogP contribution is 2.18. The van der Waals surface area contributed by atoms with E-state index in [0.717, 1.165) is 10.4 Å². The lowest BCUT2D eigenvalue weighted by molar-refractivity contribution is -0.123. The van der Waals surface area contributed by atoms with E-state index in [1.54, 1.807) is 0 Å². The highest BCUT2D eigenvalue weighted by Gasteiger charge is 2.20. The minimum atomic E-state index is -0.697. The van der Waals surface area contributed by atoms with Gasteiger partial charge in [0.15, 0.2) is 0 Å². The van der Waals surface area contributed by atoms with E-state index >= 15 is 0 Å². The normalized spacial score (nSPS) is 13.8. The summed E-state index contributed by atoms with van der Waals surface area (Å²) in [7, 11) is 0. The SMILES string of the molecule is NC(C(=O)NC(CO)c1ccccc1)c1cccs1. The van der Waals surface area contributed by atoms with E-state index < -0.39 is 12.1 Å². The topological polar surface area (TPSA) is 75.4 Å². The zero-order valence-electron chi connectivity index (χ0n) is 10.3. The van der Waals surface area contributed by atoms with Gasteiger partial charge in [0.25, 0.3) is 0 Å². The van der Waals surface area contributed by atoms with Crippen LogP contribution in [0.5, 0.6) is 0 Å². The van der Waals surface area contributed by atoms with E-state index in [-0.39, 0.29) is 12.5 Å². The van der Waals surface area contributed by atoms with Gasteiger partial charge in [-0.15, -0.1) is 11.3 Å². The van der Waals surface area contributed by atoms with E-state index in [4.69, 9.17) is 5.73 Å². The highest BCUT2D eigenvalue weighted by molar-refractivity contribution is 7.10. The maximum Gasteiger partial charge on any atom is 0.242 e. The number of thiophene rings is 1. The molecule has 1 heterocycles. The number of rotatable bonds is 5. The molecule has 0 radical (unpaired) electrons. The third kappa shape index (κ3) is 3.41. The lowest BCUT2D eigenvalue weighted by Gasteiger charge is -2.19. The molecule has 0 spiro atoms. The van der Waals surface area contributed by atoms with Crippen LogP contribution in [0.4, 0.5) is 0 Å². The van der Waals surface area contributed by atoms with Crippen LogP contribution >= 0.6 is 11.3 Å². The van der Waals surface area contributed by atoms with Crippen LogP contribution < -0.4 is 11.1 Å². The summed E-state index contributed by atoms with van der Waals surface area (Å²) in [6, 6.07) is 11.9. The number of aliphatic hydroxyl groups excluding tert-OH is 1. The van der Waals surface area contributed by atoms with Gasteiger partial charge in [-0.2, -0.15) is 0 Å². The van der Waals surface area contributed by atoms with Crippen LogP contribution in [0, 0.1) is 0 Å². The van der Waals surface area contributed by atoms with Gasteiger partial charge < -0.3 is 16.2 Å². The molecule has 4 N–H and O–H groups in total. The maximum absolute atomic E-state index is 12.0. The molecule has 0 saturated carbocycles.